The Bertz CT molecular complexity index is 1290. The third-order valence-electron chi connectivity index (χ3n) is 6.47. The molecule has 2 aromatic carbocycles. The Morgan fingerprint density at radius 3 is 2.58 bits per heavy atom. The van der Waals surface area contributed by atoms with Crippen LogP contribution in [0.3, 0.4) is 0 Å². The van der Waals surface area contributed by atoms with Crippen molar-refractivity contribution in [1.29, 1.82) is 0 Å². The van der Waals surface area contributed by atoms with Crippen molar-refractivity contribution in [2.24, 2.45) is 11.8 Å². The number of hydrogen-bond donors (Lipinski definition) is 3. The number of aromatic nitrogens is 2. The quantitative estimate of drug-likeness (QED) is 0.572. The summed E-state index contributed by atoms with van der Waals surface area (Å²) in [6.45, 7) is 5.92. The summed E-state index contributed by atoms with van der Waals surface area (Å²) in [6, 6.07) is 13.4. The van der Waals surface area contributed by atoms with Gasteiger partial charge in [0.25, 0.3) is 5.56 Å². The lowest BCUT2D eigenvalue weighted by Gasteiger charge is -2.35. The first-order chi connectivity index (χ1) is 15.9. The van der Waals surface area contributed by atoms with Crippen molar-refractivity contribution < 1.29 is 9.59 Å². The largest absolute Gasteiger partial charge is 0.342 e. The molecule has 3 unspecified atom stereocenters. The number of carbonyl (C=O) groups excluding carboxylic acids is 2. The maximum Gasteiger partial charge on any atom is 0.258 e. The summed E-state index contributed by atoms with van der Waals surface area (Å²) in [5.74, 6) is -0.0840. The van der Waals surface area contributed by atoms with E-state index in [9.17, 15) is 14.4 Å². The van der Waals surface area contributed by atoms with E-state index in [1.54, 1.807) is 0 Å². The third kappa shape index (κ3) is 4.08. The molecule has 0 radical (unpaired) electrons. The Kier molecular flexibility index (Phi) is 5.36. The summed E-state index contributed by atoms with van der Waals surface area (Å²) < 4.78 is 0. The molecule has 8 nitrogen and oxygen atoms in total. The second-order valence-electron chi connectivity index (χ2n) is 9.32. The number of anilines is 3. The first kappa shape index (κ1) is 21.2. The van der Waals surface area contributed by atoms with Crippen molar-refractivity contribution in [3.05, 3.63) is 58.4 Å². The van der Waals surface area contributed by atoms with Crippen molar-refractivity contribution in [1.82, 2.24) is 9.97 Å². The van der Waals surface area contributed by atoms with Gasteiger partial charge in [-0.3, -0.25) is 19.4 Å². The average molecular weight is 446 g/mol. The highest BCUT2D eigenvalue weighted by atomic mass is 16.2. The molecule has 2 amide bonds. The van der Waals surface area contributed by atoms with Crippen LogP contribution >= 0.6 is 0 Å². The van der Waals surface area contributed by atoms with E-state index in [1.165, 1.54) is 0 Å². The standard InChI is InChI=1S/C25H27N5O3/c1-14-10-15(2)13-30(12-14)25-28-22-21(24(33)29-25)18(11-20(31)27-22)23(32)26-19-9-5-7-16-6-3-4-8-17(16)19/h3-9,14-15,18H,10-13H2,1-2H3,(H,26,32)(H2,27,28,29,31,33). The van der Waals surface area contributed by atoms with Crippen molar-refractivity contribution in [3.8, 4) is 0 Å². The van der Waals surface area contributed by atoms with Crippen LogP contribution in [-0.4, -0.2) is 34.9 Å². The van der Waals surface area contributed by atoms with Gasteiger partial charge in [-0.2, -0.15) is 4.98 Å². The predicted molar refractivity (Wildman–Crippen MR) is 129 cm³/mol. The van der Waals surface area contributed by atoms with Gasteiger partial charge < -0.3 is 15.5 Å². The van der Waals surface area contributed by atoms with Crippen LogP contribution in [0.5, 0.6) is 0 Å². The summed E-state index contributed by atoms with van der Waals surface area (Å²) in [4.78, 5) is 48.3. The highest BCUT2D eigenvalue weighted by Gasteiger charge is 2.35. The molecule has 2 aliphatic heterocycles. The molecule has 5 rings (SSSR count). The minimum Gasteiger partial charge on any atom is -0.342 e. The lowest BCUT2D eigenvalue weighted by molar-refractivity contribution is -0.123. The number of piperidine rings is 1. The molecule has 3 N–H and O–H groups in total. The van der Waals surface area contributed by atoms with Crippen LogP contribution in [0.25, 0.3) is 10.8 Å². The molecule has 0 bridgehead atoms. The predicted octanol–water partition coefficient (Wildman–Crippen LogP) is 3.47. The van der Waals surface area contributed by atoms with Gasteiger partial charge in [0.1, 0.15) is 5.82 Å². The number of rotatable bonds is 3. The Hall–Kier alpha value is -3.68. The van der Waals surface area contributed by atoms with E-state index < -0.39 is 11.8 Å². The molecule has 0 saturated carbocycles. The zero-order chi connectivity index (χ0) is 23.1. The van der Waals surface area contributed by atoms with Crippen molar-refractivity contribution in [3.63, 3.8) is 0 Å². The van der Waals surface area contributed by atoms with Gasteiger partial charge in [0.15, 0.2) is 0 Å². The summed E-state index contributed by atoms with van der Waals surface area (Å²) in [7, 11) is 0. The Morgan fingerprint density at radius 1 is 1.06 bits per heavy atom. The number of H-pyrrole nitrogens is 1. The smallest absolute Gasteiger partial charge is 0.258 e. The number of hydrogen-bond acceptors (Lipinski definition) is 5. The molecule has 1 aromatic heterocycles. The van der Waals surface area contributed by atoms with Gasteiger partial charge in [-0.1, -0.05) is 50.2 Å². The molecule has 2 aliphatic rings. The highest BCUT2D eigenvalue weighted by Crippen LogP contribution is 2.32. The first-order valence-electron chi connectivity index (χ1n) is 11.4. The minimum atomic E-state index is -0.919. The number of amides is 2. The minimum absolute atomic E-state index is 0.106. The van der Waals surface area contributed by atoms with Crippen LogP contribution in [0.1, 0.15) is 38.2 Å². The zero-order valence-electron chi connectivity index (χ0n) is 18.7. The van der Waals surface area contributed by atoms with Gasteiger partial charge in [-0.05, 0) is 29.7 Å². The molecule has 3 aromatic rings. The third-order valence-corrected chi connectivity index (χ3v) is 6.47. The van der Waals surface area contributed by atoms with Crippen LogP contribution < -0.4 is 21.1 Å². The lowest BCUT2D eigenvalue weighted by atomic mass is 9.91. The van der Waals surface area contributed by atoms with E-state index in [2.05, 4.69) is 34.4 Å². The molecular weight excluding hydrogens is 418 g/mol. The number of aromatic amines is 1. The molecule has 0 spiro atoms. The van der Waals surface area contributed by atoms with Gasteiger partial charge >= 0.3 is 0 Å². The summed E-state index contributed by atoms with van der Waals surface area (Å²) >= 11 is 0. The first-order valence-corrected chi connectivity index (χ1v) is 11.4. The fourth-order valence-corrected chi connectivity index (χ4v) is 5.12. The number of nitrogens with one attached hydrogen (secondary N) is 3. The fourth-order valence-electron chi connectivity index (χ4n) is 5.12. The Labute approximate surface area is 191 Å². The van der Waals surface area contributed by atoms with E-state index in [0.29, 0.717) is 23.5 Å². The maximum absolute atomic E-state index is 13.3. The van der Waals surface area contributed by atoms with E-state index in [0.717, 1.165) is 30.3 Å². The molecule has 3 atom stereocenters. The summed E-state index contributed by atoms with van der Waals surface area (Å²) in [5, 5.41) is 7.51. The van der Waals surface area contributed by atoms with Gasteiger partial charge in [0, 0.05) is 30.6 Å². The molecule has 3 heterocycles. The van der Waals surface area contributed by atoms with Crippen LogP contribution in [0.4, 0.5) is 17.5 Å². The Balaban J connectivity index is 1.48. The lowest BCUT2D eigenvalue weighted by Crippen LogP contribution is -2.42. The van der Waals surface area contributed by atoms with E-state index >= 15 is 0 Å². The van der Waals surface area contributed by atoms with Crippen LogP contribution in [-0.2, 0) is 9.59 Å². The maximum atomic E-state index is 13.3. The van der Waals surface area contributed by atoms with Crippen LogP contribution in [0.2, 0.25) is 0 Å². The molecule has 170 valence electrons. The van der Waals surface area contributed by atoms with Gasteiger partial charge in [0.2, 0.25) is 17.8 Å². The molecule has 8 heteroatoms. The zero-order valence-corrected chi connectivity index (χ0v) is 18.7. The molecule has 1 fully saturated rings. The van der Waals surface area contributed by atoms with Crippen molar-refractivity contribution in [2.75, 3.05) is 28.6 Å². The van der Waals surface area contributed by atoms with Crippen molar-refractivity contribution >= 4 is 40.0 Å². The monoisotopic (exact) mass is 445 g/mol. The van der Waals surface area contributed by atoms with Crippen LogP contribution in [0.15, 0.2) is 47.3 Å². The average Bonchev–Trinajstić information content (AvgIpc) is 2.77. The SMILES string of the molecule is CC1CC(C)CN(c2nc3c(c(=O)[nH]2)C(C(=O)Nc2cccc4ccccc24)CC(=O)N3)C1. The van der Waals surface area contributed by atoms with Crippen molar-refractivity contribution in [2.45, 2.75) is 32.6 Å². The van der Waals surface area contributed by atoms with E-state index in [4.69, 9.17) is 0 Å². The van der Waals surface area contributed by atoms with E-state index in [1.807, 2.05) is 47.4 Å². The van der Waals surface area contributed by atoms with Gasteiger partial charge in [-0.15, -0.1) is 0 Å². The Morgan fingerprint density at radius 2 is 1.79 bits per heavy atom. The summed E-state index contributed by atoms with van der Waals surface area (Å²) in [6.07, 6.45) is 1.02. The fraction of sp³-hybridized carbons (Fsp3) is 0.360. The van der Waals surface area contributed by atoms with Gasteiger partial charge in [0.05, 0.1) is 11.5 Å². The molecular formula is C25H27N5O3. The number of fused-ring (bicyclic) bond motifs is 2. The number of carbonyl (C=O) groups is 2. The summed E-state index contributed by atoms with van der Waals surface area (Å²) in [5.41, 5.74) is 0.455. The normalized spacial score (nSPS) is 22.5. The molecule has 0 aliphatic carbocycles. The number of benzene rings is 2. The highest BCUT2D eigenvalue weighted by molar-refractivity contribution is 6.08. The topological polar surface area (TPSA) is 107 Å². The molecule has 1 saturated heterocycles. The van der Waals surface area contributed by atoms with Gasteiger partial charge in [-0.25, -0.2) is 0 Å². The molecule has 33 heavy (non-hydrogen) atoms. The second kappa shape index (κ2) is 8.35. The van der Waals surface area contributed by atoms with Crippen LogP contribution in [0, 0.1) is 11.8 Å². The second-order valence-corrected chi connectivity index (χ2v) is 9.32. The van der Waals surface area contributed by atoms with E-state index in [-0.39, 0.29) is 29.3 Å². The number of nitrogens with zero attached hydrogens (tertiary/aromatic N) is 2.